The topological polar surface area (TPSA) is 211 Å². The summed E-state index contributed by atoms with van der Waals surface area (Å²) in [5.41, 5.74) is 7.56. The molecule has 0 radical (unpaired) electrons. The van der Waals surface area contributed by atoms with Gasteiger partial charge in [-0.05, 0) is 93.0 Å². The van der Waals surface area contributed by atoms with E-state index < -0.39 is 63.8 Å². The first-order valence-electron chi connectivity index (χ1n) is 28.4. The van der Waals surface area contributed by atoms with Crippen molar-refractivity contribution in [3.8, 4) is 11.4 Å². The summed E-state index contributed by atoms with van der Waals surface area (Å²) in [6.45, 7) is 22.8. The van der Waals surface area contributed by atoms with Crippen molar-refractivity contribution in [1.82, 2.24) is 48.7 Å². The van der Waals surface area contributed by atoms with E-state index in [-0.39, 0.29) is 105 Å². The van der Waals surface area contributed by atoms with Crippen LogP contribution in [0.25, 0.3) is 33.2 Å². The SMILES string of the molecule is C=CC(=O)N1CCN(c2nc(N3CC(N(CC)CCc4cc(C)c(-n5c(C(F)(F)F)cc6c(N7CCN(C(O)C=C)CC7)nc(N7CC(N(CC)CC)C7)nc6c5=O)c(C)c4N)C3)nc3c(=O)n(-c4c(N)cccc4F)c(C(F)(F)F)cc23)CC1. The maximum Gasteiger partial charge on any atom is 0.431 e. The fraction of sp³-hybridized carbons (Fsp3) is 0.466. The van der Waals surface area contributed by atoms with Gasteiger partial charge in [-0.1, -0.05) is 46.1 Å². The van der Waals surface area contributed by atoms with Gasteiger partial charge in [-0.25, -0.2) is 14.4 Å². The summed E-state index contributed by atoms with van der Waals surface area (Å²) in [7, 11) is 0. The molecule has 0 bridgehead atoms. The van der Waals surface area contributed by atoms with E-state index in [1.54, 1.807) is 34.6 Å². The third-order valence-corrected chi connectivity index (χ3v) is 17.1. The maximum absolute atomic E-state index is 15.6. The molecule has 27 heteroatoms. The average molecular weight is 1190 g/mol. The Balaban J connectivity index is 0.951. The molecule has 5 N–H and O–H groups in total. The zero-order valence-electron chi connectivity index (χ0n) is 48.0. The van der Waals surface area contributed by atoms with Gasteiger partial charge < -0.3 is 41.1 Å². The van der Waals surface area contributed by atoms with Crippen LogP contribution in [0.1, 0.15) is 48.8 Å². The second kappa shape index (κ2) is 23.5. The van der Waals surface area contributed by atoms with E-state index in [0.29, 0.717) is 87.6 Å². The van der Waals surface area contributed by atoms with Gasteiger partial charge in [0.25, 0.3) is 11.1 Å². The Hall–Kier alpha value is -7.88. The number of pyridine rings is 2. The number of hydrogen-bond donors (Lipinski definition) is 3. The van der Waals surface area contributed by atoms with Gasteiger partial charge in [-0.15, -0.1) is 0 Å². The summed E-state index contributed by atoms with van der Waals surface area (Å²) >= 11 is 0. The van der Waals surface area contributed by atoms with E-state index in [1.165, 1.54) is 29.2 Å². The first-order valence-corrected chi connectivity index (χ1v) is 28.4. The standard InChI is InChI=1S/C58H69F7N16O4/c1-8-44(82)74-18-22-76(23-19-74)51-38-27-42(57(60,61)62)80(53(84)47(38)68-55(70-51)78-29-36(30-78)72(10-3)11-4)49-33(6)26-35(46(67)34(49)7)16-17-73(12-5)37-31-79(32-37)56-69-48-39(52(71-56)77-24-20-75(21-25-77)45(83)9-2)28-43(58(63,64)65)81(54(48)85)50-40(59)14-13-15-41(50)66/h8-9,13-15,26-28,36-37,44,82H,1-2,10-12,16-25,29-32,66-67H2,3-7H3. The van der Waals surface area contributed by atoms with Gasteiger partial charge in [0, 0.05) is 103 Å². The summed E-state index contributed by atoms with van der Waals surface area (Å²) < 4.78 is 108. The number of nitrogens with zero attached hydrogens (tertiary/aromatic N) is 14. The first-order chi connectivity index (χ1) is 40.4. The molecule has 10 rings (SSSR count). The first kappa shape index (κ1) is 60.2. The van der Waals surface area contributed by atoms with E-state index in [1.807, 2.05) is 16.7 Å². The molecule has 8 heterocycles. The van der Waals surface area contributed by atoms with Crippen molar-refractivity contribution < 1.29 is 40.6 Å². The van der Waals surface area contributed by atoms with Crippen LogP contribution in [0.5, 0.6) is 0 Å². The second-order valence-corrected chi connectivity index (χ2v) is 21.9. The molecule has 0 aliphatic carbocycles. The smallest absolute Gasteiger partial charge is 0.398 e. The summed E-state index contributed by atoms with van der Waals surface area (Å²) in [5, 5.41) is 10.2. The Bertz CT molecular complexity index is 3670. The number of aryl methyl sites for hydroxylation is 1. The van der Waals surface area contributed by atoms with Crippen LogP contribution >= 0.6 is 0 Å². The van der Waals surface area contributed by atoms with Crippen LogP contribution in [0.3, 0.4) is 0 Å². The van der Waals surface area contributed by atoms with Crippen molar-refractivity contribution in [2.24, 2.45) is 0 Å². The Morgan fingerprint density at radius 3 is 1.65 bits per heavy atom. The molecule has 4 aliphatic rings. The number of piperazine rings is 2. The Labute approximate surface area is 485 Å². The van der Waals surface area contributed by atoms with Crippen LogP contribution in [0.2, 0.25) is 0 Å². The van der Waals surface area contributed by atoms with Crippen LogP contribution in [0.4, 0.5) is 65.6 Å². The monoisotopic (exact) mass is 1190 g/mol. The lowest BCUT2D eigenvalue weighted by Gasteiger charge is -2.45. The number of nitrogens with two attached hydrogens (primary N) is 2. The quantitative estimate of drug-likeness (QED) is 0.0441. The minimum atomic E-state index is -5.16. The van der Waals surface area contributed by atoms with Crippen molar-refractivity contribution in [3.63, 3.8) is 0 Å². The molecule has 20 nitrogen and oxygen atoms in total. The van der Waals surface area contributed by atoms with Gasteiger partial charge >= 0.3 is 12.4 Å². The molecule has 6 aromatic rings. The van der Waals surface area contributed by atoms with E-state index in [0.717, 1.165) is 31.3 Å². The van der Waals surface area contributed by atoms with Crippen molar-refractivity contribution >= 4 is 62.6 Å². The summed E-state index contributed by atoms with van der Waals surface area (Å²) in [4.78, 5) is 75.9. The van der Waals surface area contributed by atoms with Crippen molar-refractivity contribution in [2.75, 3.05) is 136 Å². The molecule has 1 amide bonds. The highest BCUT2D eigenvalue weighted by atomic mass is 19.4. The van der Waals surface area contributed by atoms with Gasteiger partial charge in [-0.3, -0.25) is 38.2 Å². The number of aliphatic hydroxyl groups is 1. The molecule has 2 aromatic carbocycles. The Morgan fingerprint density at radius 1 is 0.706 bits per heavy atom. The Morgan fingerprint density at radius 2 is 1.19 bits per heavy atom. The molecule has 1 atom stereocenters. The van der Waals surface area contributed by atoms with Crippen molar-refractivity contribution in [3.05, 3.63) is 116 Å². The minimum Gasteiger partial charge on any atom is -0.398 e. The van der Waals surface area contributed by atoms with Gasteiger partial charge in [0.05, 0.1) is 22.1 Å². The second-order valence-electron chi connectivity index (χ2n) is 21.9. The number of aliphatic hydroxyl groups excluding tert-OH is 1. The number of hydrogen-bond acceptors (Lipinski definition) is 17. The lowest BCUT2D eigenvalue weighted by atomic mass is 9.97. The number of aromatic nitrogens is 6. The van der Waals surface area contributed by atoms with Crippen LogP contribution < -0.4 is 42.2 Å². The molecule has 4 saturated heterocycles. The van der Waals surface area contributed by atoms with Gasteiger partial charge in [0.2, 0.25) is 17.8 Å². The number of halogens is 7. The van der Waals surface area contributed by atoms with E-state index >= 15 is 22.4 Å². The molecule has 1 unspecified atom stereocenters. The highest BCUT2D eigenvalue weighted by Gasteiger charge is 2.42. The highest BCUT2D eigenvalue weighted by molar-refractivity contribution is 5.93. The van der Waals surface area contributed by atoms with Crippen molar-refractivity contribution in [2.45, 2.75) is 71.7 Å². The molecule has 85 heavy (non-hydrogen) atoms. The summed E-state index contributed by atoms with van der Waals surface area (Å²) in [6, 6.07) is 6.70. The molecule has 4 aromatic heterocycles. The van der Waals surface area contributed by atoms with Crippen LogP contribution in [-0.4, -0.2) is 183 Å². The molecule has 4 fully saturated rings. The van der Waals surface area contributed by atoms with Crippen molar-refractivity contribution in [1.29, 1.82) is 0 Å². The predicted molar refractivity (Wildman–Crippen MR) is 313 cm³/mol. The number of rotatable bonds is 17. The third-order valence-electron chi connectivity index (χ3n) is 17.1. The van der Waals surface area contributed by atoms with Gasteiger partial charge in [0.1, 0.15) is 51.8 Å². The van der Waals surface area contributed by atoms with Crippen LogP contribution in [0.15, 0.2) is 71.3 Å². The highest BCUT2D eigenvalue weighted by Crippen LogP contribution is 2.40. The number of carbonyl (C=O) groups excluding carboxylic acids is 1. The zero-order chi connectivity index (χ0) is 61.1. The predicted octanol–water partition coefficient (Wildman–Crippen LogP) is 5.58. The number of anilines is 6. The molecular formula is C58H69F7N16O4. The summed E-state index contributed by atoms with van der Waals surface area (Å²) in [5.74, 6) is -1.02. The Kier molecular flexibility index (Phi) is 16.7. The van der Waals surface area contributed by atoms with Crippen LogP contribution in [0, 0.1) is 19.7 Å². The molecular weight excluding hydrogens is 1120 g/mol. The van der Waals surface area contributed by atoms with E-state index in [4.69, 9.17) is 26.4 Å². The lowest BCUT2D eigenvalue weighted by molar-refractivity contribution is -0.143. The number of carbonyl (C=O) groups is 1. The number of fused-ring (bicyclic) bond motifs is 2. The number of nitrogen functional groups attached to an aromatic ring is 2. The summed E-state index contributed by atoms with van der Waals surface area (Å²) in [6.07, 6.45) is -8.18. The number of alkyl halides is 6. The number of amides is 1. The molecule has 0 spiro atoms. The molecule has 454 valence electrons. The zero-order valence-corrected chi connectivity index (χ0v) is 48.0. The largest absolute Gasteiger partial charge is 0.431 e. The van der Waals surface area contributed by atoms with Crippen LogP contribution in [-0.2, 0) is 23.6 Å². The molecule has 4 aliphatic heterocycles. The average Bonchev–Trinajstić information content (AvgIpc) is 1.04. The number of benzene rings is 2. The van der Waals surface area contributed by atoms with Gasteiger partial charge in [0.15, 0.2) is 0 Å². The molecule has 0 saturated carbocycles. The lowest BCUT2D eigenvalue weighted by Crippen LogP contribution is -2.60. The number of para-hydroxylation sites is 1. The maximum atomic E-state index is 15.6. The normalized spacial score (nSPS) is 17.1. The fourth-order valence-corrected chi connectivity index (χ4v) is 12.3. The number of likely N-dealkylation sites (N-methyl/N-ethyl adjacent to an activating group) is 2. The van der Waals surface area contributed by atoms with Gasteiger partial charge in [-0.2, -0.15) is 36.3 Å². The minimum absolute atomic E-state index is 0.0187. The fourth-order valence-electron chi connectivity index (χ4n) is 12.3. The third kappa shape index (κ3) is 11.2. The van der Waals surface area contributed by atoms with E-state index in [9.17, 15) is 27.9 Å². The van der Waals surface area contributed by atoms with E-state index in [2.05, 4.69) is 41.8 Å².